The fraction of sp³-hybridized carbons (Fsp3) is 1.00. The Bertz CT molecular complexity index is 267. The Balaban J connectivity index is 2.06. The molecule has 2 aliphatic rings. The maximum Gasteiger partial charge on any atom is 0.0746 e. The molecule has 0 bridgehead atoms. The summed E-state index contributed by atoms with van der Waals surface area (Å²) in [7, 11) is 2.20. The molecule has 0 amide bonds. The summed E-state index contributed by atoms with van der Waals surface area (Å²) in [5.41, 5.74) is 0.0998. The van der Waals surface area contributed by atoms with Gasteiger partial charge in [0.2, 0.25) is 0 Å². The Labute approximate surface area is 106 Å². The van der Waals surface area contributed by atoms with Crippen molar-refractivity contribution in [1.82, 2.24) is 9.80 Å². The molecule has 0 aromatic carbocycles. The minimum atomic E-state index is -0.159. The molecule has 3 atom stereocenters. The molecular weight excluding hydrogens is 212 g/mol. The average molecular weight is 240 g/mol. The van der Waals surface area contributed by atoms with Crippen LogP contribution in [-0.2, 0) is 0 Å². The van der Waals surface area contributed by atoms with Gasteiger partial charge in [-0.25, -0.2) is 0 Å². The van der Waals surface area contributed by atoms with Crippen LogP contribution in [0.1, 0.15) is 40.0 Å². The number of aliphatic hydroxyl groups excluding tert-OH is 1. The van der Waals surface area contributed by atoms with E-state index >= 15 is 0 Å². The SMILES string of the molecule is CC1CN(C)CCCN1C1CCC(C)(C)C1O. The molecule has 3 heteroatoms. The van der Waals surface area contributed by atoms with Gasteiger partial charge in [0.05, 0.1) is 6.10 Å². The van der Waals surface area contributed by atoms with Crippen LogP contribution in [0, 0.1) is 5.41 Å². The zero-order chi connectivity index (χ0) is 12.6. The van der Waals surface area contributed by atoms with Gasteiger partial charge >= 0.3 is 0 Å². The molecule has 1 N–H and O–H groups in total. The standard InChI is InChI=1S/C14H28N2O/c1-11-10-15(4)8-5-9-16(11)12-6-7-14(2,3)13(12)17/h11-13,17H,5-10H2,1-4H3. The smallest absolute Gasteiger partial charge is 0.0746 e. The van der Waals surface area contributed by atoms with Crippen LogP contribution in [0.4, 0.5) is 0 Å². The lowest BCUT2D eigenvalue weighted by molar-refractivity contribution is 0.00226. The van der Waals surface area contributed by atoms with Gasteiger partial charge in [-0.1, -0.05) is 13.8 Å². The van der Waals surface area contributed by atoms with Crippen molar-refractivity contribution in [3.05, 3.63) is 0 Å². The second-order valence-electron chi connectivity index (χ2n) is 6.74. The van der Waals surface area contributed by atoms with Crippen molar-refractivity contribution in [2.75, 3.05) is 26.7 Å². The molecule has 3 unspecified atom stereocenters. The van der Waals surface area contributed by atoms with Gasteiger partial charge in [-0.3, -0.25) is 4.90 Å². The normalized spacial score (nSPS) is 40.4. The molecule has 1 saturated heterocycles. The van der Waals surface area contributed by atoms with Crippen LogP contribution in [0.25, 0.3) is 0 Å². The summed E-state index contributed by atoms with van der Waals surface area (Å²) in [6.07, 6.45) is 3.37. The highest BCUT2D eigenvalue weighted by molar-refractivity contribution is 4.98. The number of rotatable bonds is 1. The first-order chi connectivity index (χ1) is 7.92. The van der Waals surface area contributed by atoms with E-state index in [1.165, 1.54) is 13.0 Å². The Morgan fingerprint density at radius 2 is 1.94 bits per heavy atom. The van der Waals surface area contributed by atoms with E-state index in [4.69, 9.17) is 0 Å². The molecule has 0 spiro atoms. The summed E-state index contributed by atoms with van der Waals surface area (Å²) in [4.78, 5) is 4.97. The third-order valence-corrected chi connectivity index (χ3v) is 4.77. The predicted octanol–water partition coefficient (Wildman–Crippen LogP) is 1.56. The quantitative estimate of drug-likeness (QED) is 0.753. The lowest BCUT2D eigenvalue weighted by atomic mass is 9.88. The van der Waals surface area contributed by atoms with Crippen LogP contribution in [0.2, 0.25) is 0 Å². The third kappa shape index (κ3) is 2.67. The second-order valence-corrected chi connectivity index (χ2v) is 6.74. The highest BCUT2D eigenvalue weighted by Gasteiger charge is 2.44. The molecule has 3 nitrogen and oxygen atoms in total. The van der Waals surface area contributed by atoms with Crippen LogP contribution in [0.3, 0.4) is 0 Å². The molecule has 2 fully saturated rings. The Morgan fingerprint density at radius 1 is 1.24 bits per heavy atom. The predicted molar refractivity (Wildman–Crippen MR) is 71.1 cm³/mol. The largest absolute Gasteiger partial charge is 0.391 e. The van der Waals surface area contributed by atoms with Crippen LogP contribution < -0.4 is 0 Å². The topological polar surface area (TPSA) is 26.7 Å². The zero-order valence-electron chi connectivity index (χ0n) is 11.8. The first-order valence-electron chi connectivity index (χ1n) is 7.04. The van der Waals surface area contributed by atoms with Crippen LogP contribution in [0.15, 0.2) is 0 Å². The van der Waals surface area contributed by atoms with E-state index in [2.05, 4.69) is 37.6 Å². The van der Waals surface area contributed by atoms with Crippen molar-refractivity contribution in [2.24, 2.45) is 5.41 Å². The first-order valence-corrected chi connectivity index (χ1v) is 7.04. The summed E-state index contributed by atoms with van der Waals surface area (Å²) in [6, 6.07) is 0.947. The van der Waals surface area contributed by atoms with Gasteiger partial charge in [0.15, 0.2) is 0 Å². The van der Waals surface area contributed by atoms with Crippen molar-refractivity contribution in [3.8, 4) is 0 Å². The van der Waals surface area contributed by atoms with Crippen molar-refractivity contribution >= 4 is 0 Å². The monoisotopic (exact) mass is 240 g/mol. The number of hydrogen-bond donors (Lipinski definition) is 1. The number of aliphatic hydroxyl groups is 1. The lowest BCUT2D eigenvalue weighted by Crippen LogP contribution is -2.49. The minimum Gasteiger partial charge on any atom is -0.391 e. The maximum atomic E-state index is 10.5. The van der Waals surface area contributed by atoms with Gasteiger partial charge in [-0.05, 0) is 45.2 Å². The van der Waals surface area contributed by atoms with E-state index in [9.17, 15) is 5.11 Å². The first kappa shape index (κ1) is 13.3. The summed E-state index contributed by atoms with van der Waals surface area (Å²) in [5.74, 6) is 0. The molecule has 1 aliphatic carbocycles. The lowest BCUT2D eigenvalue weighted by Gasteiger charge is -2.37. The van der Waals surface area contributed by atoms with E-state index < -0.39 is 0 Å². The molecule has 1 heterocycles. The highest BCUT2D eigenvalue weighted by Crippen LogP contribution is 2.40. The molecule has 100 valence electrons. The summed E-state index contributed by atoms with van der Waals surface area (Å²) in [6.45, 7) is 10.2. The second kappa shape index (κ2) is 4.87. The summed E-state index contributed by atoms with van der Waals surface area (Å²) < 4.78 is 0. The van der Waals surface area contributed by atoms with Gasteiger partial charge in [0.1, 0.15) is 0 Å². The van der Waals surface area contributed by atoms with Crippen molar-refractivity contribution < 1.29 is 5.11 Å². The van der Waals surface area contributed by atoms with E-state index in [1.54, 1.807) is 0 Å². The fourth-order valence-electron chi connectivity index (χ4n) is 3.58. The number of nitrogens with zero attached hydrogens (tertiary/aromatic N) is 2. The minimum absolute atomic E-state index is 0.0998. The number of hydrogen-bond acceptors (Lipinski definition) is 3. The number of likely N-dealkylation sites (N-methyl/N-ethyl adjacent to an activating group) is 1. The van der Waals surface area contributed by atoms with E-state index in [-0.39, 0.29) is 11.5 Å². The molecule has 0 aromatic heterocycles. The Kier molecular flexibility index (Phi) is 3.81. The molecule has 0 radical (unpaired) electrons. The molecule has 1 aliphatic heterocycles. The third-order valence-electron chi connectivity index (χ3n) is 4.77. The van der Waals surface area contributed by atoms with E-state index in [0.29, 0.717) is 12.1 Å². The molecule has 0 aromatic rings. The maximum absolute atomic E-state index is 10.5. The average Bonchev–Trinajstić information content (AvgIpc) is 2.42. The van der Waals surface area contributed by atoms with Gasteiger partial charge < -0.3 is 10.0 Å². The van der Waals surface area contributed by atoms with Crippen LogP contribution in [-0.4, -0.2) is 59.8 Å². The molecule has 1 saturated carbocycles. The summed E-state index contributed by atoms with van der Waals surface area (Å²) in [5, 5.41) is 10.5. The van der Waals surface area contributed by atoms with Crippen LogP contribution in [0.5, 0.6) is 0 Å². The van der Waals surface area contributed by atoms with Crippen molar-refractivity contribution in [1.29, 1.82) is 0 Å². The Morgan fingerprint density at radius 3 is 2.53 bits per heavy atom. The van der Waals surface area contributed by atoms with E-state index in [1.807, 2.05) is 0 Å². The zero-order valence-corrected chi connectivity index (χ0v) is 11.8. The van der Waals surface area contributed by atoms with Gasteiger partial charge in [-0.15, -0.1) is 0 Å². The molecular formula is C14H28N2O. The highest BCUT2D eigenvalue weighted by atomic mass is 16.3. The van der Waals surface area contributed by atoms with Crippen LogP contribution >= 0.6 is 0 Å². The fourth-order valence-corrected chi connectivity index (χ4v) is 3.58. The van der Waals surface area contributed by atoms with Gasteiger partial charge in [-0.2, -0.15) is 0 Å². The van der Waals surface area contributed by atoms with Gasteiger partial charge in [0.25, 0.3) is 0 Å². The summed E-state index contributed by atoms with van der Waals surface area (Å²) >= 11 is 0. The molecule has 2 rings (SSSR count). The van der Waals surface area contributed by atoms with Crippen molar-refractivity contribution in [2.45, 2.75) is 58.2 Å². The van der Waals surface area contributed by atoms with Crippen molar-refractivity contribution in [3.63, 3.8) is 0 Å². The van der Waals surface area contributed by atoms with Gasteiger partial charge in [0, 0.05) is 25.2 Å². The Hall–Kier alpha value is -0.120. The molecule has 17 heavy (non-hydrogen) atoms. The van der Waals surface area contributed by atoms with E-state index in [0.717, 1.165) is 25.9 Å².